The van der Waals surface area contributed by atoms with E-state index in [0.717, 1.165) is 32.7 Å². The summed E-state index contributed by atoms with van der Waals surface area (Å²) in [6.07, 6.45) is 0.0505. The third-order valence-electron chi connectivity index (χ3n) is 1.77. The highest BCUT2D eigenvalue weighted by Gasteiger charge is 1.92. The second-order valence-electron chi connectivity index (χ2n) is 3.08. The molecule has 0 aromatic rings. The number of nitrogens with one attached hydrogen (secondary N) is 3. The van der Waals surface area contributed by atoms with Gasteiger partial charge in [0.1, 0.15) is 0 Å². The van der Waals surface area contributed by atoms with Crippen LogP contribution < -0.4 is 16.0 Å². The van der Waals surface area contributed by atoms with Gasteiger partial charge in [-0.15, -0.1) is 0 Å². The maximum atomic E-state index is 10.1. The first kappa shape index (κ1) is 14.2. The van der Waals surface area contributed by atoms with Crippen LogP contribution in [0.5, 0.6) is 0 Å². The fraction of sp³-hybridized carbons (Fsp3) is 0.889. The quantitative estimate of drug-likeness (QED) is 0.371. The molecule has 4 N–H and O–H groups in total. The lowest BCUT2D eigenvalue weighted by molar-refractivity contribution is 0.194. The molecule has 6 heteroatoms. The smallest absolute Gasteiger partial charge is 0.404 e. The number of rotatable bonds is 10. The Kier molecular flexibility index (Phi) is 10.6. The summed E-state index contributed by atoms with van der Waals surface area (Å²) in [5.74, 6) is 0. The van der Waals surface area contributed by atoms with Gasteiger partial charge < -0.3 is 25.8 Å². The molecule has 0 saturated carbocycles. The van der Waals surface area contributed by atoms with Crippen molar-refractivity contribution >= 4 is 6.09 Å². The van der Waals surface area contributed by atoms with Gasteiger partial charge >= 0.3 is 6.09 Å². The Hall–Kier alpha value is -0.850. The predicted octanol–water partition coefficient (Wildman–Crippen LogP) is -0.530. The first-order valence-corrected chi connectivity index (χ1v) is 5.14. The van der Waals surface area contributed by atoms with E-state index in [-0.39, 0.29) is 0 Å². The first-order valence-electron chi connectivity index (χ1n) is 5.14. The third-order valence-corrected chi connectivity index (χ3v) is 1.77. The Morgan fingerprint density at radius 2 is 1.80 bits per heavy atom. The second-order valence-corrected chi connectivity index (χ2v) is 3.08. The average molecular weight is 219 g/mol. The first-order chi connectivity index (χ1) is 7.27. The summed E-state index contributed by atoms with van der Waals surface area (Å²) in [7, 11) is 1.68. The average Bonchev–Trinajstić information content (AvgIpc) is 2.20. The van der Waals surface area contributed by atoms with Gasteiger partial charge in [0.25, 0.3) is 0 Å². The van der Waals surface area contributed by atoms with Gasteiger partial charge in [-0.3, -0.25) is 0 Å². The van der Waals surface area contributed by atoms with Crippen LogP contribution in [0.4, 0.5) is 4.79 Å². The van der Waals surface area contributed by atoms with Crippen molar-refractivity contribution < 1.29 is 14.6 Å². The zero-order valence-corrected chi connectivity index (χ0v) is 9.21. The molecule has 0 radical (unpaired) electrons. The van der Waals surface area contributed by atoms with Crippen LogP contribution in [0, 0.1) is 0 Å². The van der Waals surface area contributed by atoms with Crippen LogP contribution in [0.2, 0.25) is 0 Å². The molecule has 90 valence electrons. The largest absolute Gasteiger partial charge is 0.465 e. The van der Waals surface area contributed by atoms with Gasteiger partial charge in [-0.25, -0.2) is 4.79 Å². The Morgan fingerprint density at radius 3 is 2.40 bits per heavy atom. The Morgan fingerprint density at radius 1 is 1.13 bits per heavy atom. The molecule has 15 heavy (non-hydrogen) atoms. The SMILES string of the molecule is COCCNCCCNCCNC(=O)O. The molecule has 0 fully saturated rings. The molecule has 0 aromatic carbocycles. The normalized spacial score (nSPS) is 10.2. The molecule has 0 atom stereocenters. The summed E-state index contributed by atoms with van der Waals surface area (Å²) in [5, 5.41) is 16.9. The molecule has 0 aromatic heterocycles. The lowest BCUT2D eigenvalue weighted by Gasteiger charge is -2.05. The summed E-state index contributed by atoms with van der Waals surface area (Å²) >= 11 is 0. The molecular weight excluding hydrogens is 198 g/mol. The van der Waals surface area contributed by atoms with Crippen molar-refractivity contribution in [2.24, 2.45) is 0 Å². The number of hydrogen-bond donors (Lipinski definition) is 4. The van der Waals surface area contributed by atoms with Crippen molar-refractivity contribution in [3.05, 3.63) is 0 Å². The van der Waals surface area contributed by atoms with E-state index >= 15 is 0 Å². The fourth-order valence-corrected chi connectivity index (χ4v) is 1.02. The predicted molar refractivity (Wildman–Crippen MR) is 58.3 cm³/mol. The number of hydrogen-bond acceptors (Lipinski definition) is 4. The summed E-state index contributed by atoms with van der Waals surface area (Å²) in [4.78, 5) is 10.1. The number of methoxy groups -OCH3 is 1. The summed E-state index contributed by atoms with van der Waals surface area (Å²) in [5.41, 5.74) is 0. The van der Waals surface area contributed by atoms with Gasteiger partial charge in [0.05, 0.1) is 6.61 Å². The van der Waals surface area contributed by atoms with Crippen LogP contribution in [-0.4, -0.2) is 57.6 Å². The summed E-state index contributed by atoms with van der Waals surface area (Å²) < 4.78 is 4.88. The number of ether oxygens (including phenoxy) is 1. The Bertz CT molecular complexity index is 156. The van der Waals surface area contributed by atoms with Crippen LogP contribution in [0.15, 0.2) is 0 Å². The molecule has 0 heterocycles. The molecule has 1 amide bonds. The van der Waals surface area contributed by atoms with E-state index in [4.69, 9.17) is 9.84 Å². The second kappa shape index (κ2) is 11.2. The van der Waals surface area contributed by atoms with E-state index in [9.17, 15) is 4.79 Å². The van der Waals surface area contributed by atoms with Crippen LogP contribution >= 0.6 is 0 Å². The Labute approximate surface area is 90.4 Å². The van der Waals surface area contributed by atoms with Gasteiger partial charge in [-0.05, 0) is 19.5 Å². The zero-order chi connectivity index (χ0) is 11.4. The van der Waals surface area contributed by atoms with Crippen molar-refractivity contribution in [3.8, 4) is 0 Å². The van der Waals surface area contributed by atoms with E-state index in [2.05, 4.69) is 16.0 Å². The molecule has 0 unspecified atom stereocenters. The van der Waals surface area contributed by atoms with E-state index in [1.165, 1.54) is 0 Å². The summed E-state index contributed by atoms with van der Waals surface area (Å²) in [6, 6.07) is 0. The Balaban J connectivity index is 2.89. The lowest BCUT2D eigenvalue weighted by atomic mass is 10.4. The highest BCUT2D eigenvalue weighted by atomic mass is 16.5. The standard InChI is InChI=1S/C9H21N3O3/c1-15-8-7-11-4-2-3-10-5-6-12-9(13)14/h10-12H,2-8H2,1H3,(H,13,14). The topological polar surface area (TPSA) is 82.6 Å². The maximum absolute atomic E-state index is 10.1. The van der Waals surface area contributed by atoms with Crippen molar-refractivity contribution in [2.75, 3.05) is 46.4 Å². The molecular formula is C9H21N3O3. The number of amides is 1. The highest BCUT2D eigenvalue weighted by molar-refractivity contribution is 5.64. The summed E-state index contributed by atoms with van der Waals surface area (Å²) in [6.45, 7) is 4.56. The van der Waals surface area contributed by atoms with E-state index in [1.807, 2.05) is 0 Å². The van der Waals surface area contributed by atoms with Crippen LogP contribution in [0.1, 0.15) is 6.42 Å². The number of carbonyl (C=O) groups is 1. The molecule has 0 saturated heterocycles. The van der Waals surface area contributed by atoms with E-state index < -0.39 is 6.09 Å². The molecule has 0 bridgehead atoms. The van der Waals surface area contributed by atoms with E-state index in [0.29, 0.717) is 13.1 Å². The van der Waals surface area contributed by atoms with Gasteiger partial charge in [-0.2, -0.15) is 0 Å². The minimum Gasteiger partial charge on any atom is -0.465 e. The minimum absolute atomic E-state index is 0.451. The maximum Gasteiger partial charge on any atom is 0.404 e. The van der Waals surface area contributed by atoms with Gasteiger partial charge in [-0.1, -0.05) is 0 Å². The van der Waals surface area contributed by atoms with Crippen molar-refractivity contribution in [1.29, 1.82) is 0 Å². The monoisotopic (exact) mass is 219 g/mol. The van der Waals surface area contributed by atoms with Crippen LogP contribution in [0.25, 0.3) is 0 Å². The molecule has 0 rings (SSSR count). The lowest BCUT2D eigenvalue weighted by Crippen LogP contribution is -2.32. The third kappa shape index (κ3) is 13.2. The fourth-order valence-electron chi connectivity index (χ4n) is 1.02. The molecule has 0 spiro atoms. The molecule has 6 nitrogen and oxygen atoms in total. The molecule has 0 aliphatic rings. The molecule has 0 aliphatic heterocycles. The molecule has 0 aliphatic carbocycles. The van der Waals surface area contributed by atoms with Crippen molar-refractivity contribution in [1.82, 2.24) is 16.0 Å². The van der Waals surface area contributed by atoms with Gasteiger partial charge in [0.2, 0.25) is 0 Å². The van der Waals surface area contributed by atoms with Gasteiger partial charge in [0.15, 0.2) is 0 Å². The number of carboxylic acid groups (broad SMARTS) is 1. The zero-order valence-electron chi connectivity index (χ0n) is 9.21. The highest BCUT2D eigenvalue weighted by Crippen LogP contribution is 1.73. The van der Waals surface area contributed by atoms with Crippen molar-refractivity contribution in [2.45, 2.75) is 6.42 Å². The van der Waals surface area contributed by atoms with Crippen LogP contribution in [0.3, 0.4) is 0 Å². The minimum atomic E-state index is -0.974. The van der Waals surface area contributed by atoms with Gasteiger partial charge in [0, 0.05) is 26.7 Å². The van der Waals surface area contributed by atoms with E-state index in [1.54, 1.807) is 7.11 Å². The van der Waals surface area contributed by atoms with Crippen molar-refractivity contribution in [3.63, 3.8) is 0 Å². The van der Waals surface area contributed by atoms with Crippen LogP contribution in [-0.2, 0) is 4.74 Å².